The van der Waals surface area contributed by atoms with E-state index in [1.54, 1.807) is 6.07 Å². The Kier molecular flexibility index (Phi) is 2.99. The van der Waals surface area contributed by atoms with E-state index in [0.717, 1.165) is 16.9 Å². The van der Waals surface area contributed by atoms with Gasteiger partial charge in [0.25, 0.3) is 0 Å². The molecule has 0 atom stereocenters. The molecule has 3 nitrogen and oxygen atoms in total. The summed E-state index contributed by atoms with van der Waals surface area (Å²) in [5.41, 5.74) is 0.901. The van der Waals surface area contributed by atoms with E-state index < -0.39 is 4.92 Å². The van der Waals surface area contributed by atoms with Crippen molar-refractivity contribution in [3.63, 3.8) is 0 Å². The molecule has 1 heterocycles. The van der Waals surface area contributed by atoms with E-state index in [1.165, 1.54) is 6.07 Å². The van der Waals surface area contributed by atoms with E-state index >= 15 is 0 Å². The molecule has 2 aromatic rings. The topological polar surface area (TPSA) is 43.1 Å². The van der Waals surface area contributed by atoms with Gasteiger partial charge in [-0.3, -0.25) is 10.1 Å². The minimum atomic E-state index is -0.404. The van der Waals surface area contributed by atoms with Crippen molar-refractivity contribution in [2.24, 2.45) is 0 Å². The summed E-state index contributed by atoms with van der Waals surface area (Å²) < 4.78 is 0. The molecule has 1 aromatic heterocycles. The Morgan fingerprint density at radius 3 is 2.44 bits per heavy atom. The van der Waals surface area contributed by atoms with Gasteiger partial charge in [0.1, 0.15) is 0 Å². The van der Waals surface area contributed by atoms with E-state index in [1.807, 2.05) is 30.3 Å². The van der Waals surface area contributed by atoms with E-state index in [4.69, 9.17) is 0 Å². The van der Waals surface area contributed by atoms with Crippen molar-refractivity contribution >= 4 is 16.3 Å². The maximum atomic E-state index is 10.5. The quantitative estimate of drug-likeness (QED) is 0.428. The van der Waals surface area contributed by atoms with Gasteiger partial charge in [-0.25, -0.2) is 0 Å². The monoisotopic (exact) mass is 229 g/mol. The van der Waals surface area contributed by atoms with Crippen LogP contribution in [-0.2, 0) is 0 Å². The standard InChI is InChI=1S/C12H7NO2S/c14-13(15)12-9-8-11(16-12)7-6-10-4-2-1-3-5-10/h1-5,8-9H. The van der Waals surface area contributed by atoms with Gasteiger partial charge >= 0.3 is 5.00 Å². The highest BCUT2D eigenvalue weighted by Crippen LogP contribution is 2.22. The third-order valence-electron chi connectivity index (χ3n) is 1.88. The number of nitro groups is 1. The van der Waals surface area contributed by atoms with E-state index in [0.29, 0.717) is 4.88 Å². The number of thiophene rings is 1. The number of hydrogen-bond donors (Lipinski definition) is 0. The summed E-state index contributed by atoms with van der Waals surface area (Å²) in [5.74, 6) is 5.85. The summed E-state index contributed by atoms with van der Waals surface area (Å²) in [6, 6.07) is 12.7. The molecule has 0 aliphatic rings. The fourth-order valence-corrected chi connectivity index (χ4v) is 1.82. The van der Waals surface area contributed by atoms with Crippen molar-refractivity contribution in [3.8, 4) is 11.8 Å². The highest BCUT2D eigenvalue weighted by Gasteiger charge is 2.07. The molecular weight excluding hydrogens is 222 g/mol. The minimum Gasteiger partial charge on any atom is -0.258 e. The maximum absolute atomic E-state index is 10.5. The van der Waals surface area contributed by atoms with Crippen molar-refractivity contribution < 1.29 is 4.92 Å². The Hall–Kier alpha value is -2.12. The lowest BCUT2D eigenvalue weighted by Gasteiger charge is -1.85. The van der Waals surface area contributed by atoms with Gasteiger partial charge in [-0.05, 0) is 18.2 Å². The van der Waals surface area contributed by atoms with Crippen LogP contribution < -0.4 is 0 Å². The van der Waals surface area contributed by atoms with Gasteiger partial charge in [0, 0.05) is 11.6 Å². The van der Waals surface area contributed by atoms with Crippen LogP contribution in [0.4, 0.5) is 5.00 Å². The molecule has 0 spiro atoms. The van der Waals surface area contributed by atoms with Crippen LogP contribution in [0.15, 0.2) is 42.5 Å². The van der Waals surface area contributed by atoms with Gasteiger partial charge in [-0.15, -0.1) is 0 Å². The Morgan fingerprint density at radius 2 is 1.81 bits per heavy atom. The molecule has 0 fully saturated rings. The normalized spacial score (nSPS) is 9.25. The van der Waals surface area contributed by atoms with Crippen LogP contribution in [0.1, 0.15) is 10.4 Å². The second kappa shape index (κ2) is 4.60. The first-order valence-electron chi connectivity index (χ1n) is 4.57. The predicted octanol–water partition coefficient (Wildman–Crippen LogP) is 3.06. The molecule has 1 aromatic carbocycles. The molecule has 0 amide bonds. The molecular formula is C12H7NO2S. The maximum Gasteiger partial charge on any atom is 0.325 e. The van der Waals surface area contributed by atoms with Crippen molar-refractivity contribution in [3.05, 3.63) is 63.0 Å². The lowest BCUT2D eigenvalue weighted by atomic mass is 10.2. The molecule has 0 unspecified atom stereocenters. The fraction of sp³-hybridized carbons (Fsp3) is 0. The minimum absolute atomic E-state index is 0.123. The SMILES string of the molecule is O=[N+]([O-])c1ccc(C#Cc2ccccc2)s1. The summed E-state index contributed by atoms with van der Waals surface area (Å²) >= 11 is 1.09. The number of nitrogens with zero attached hydrogens (tertiary/aromatic N) is 1. The Labute approximate surface area is 96.5 Å². The highest BCUT2D eigenvalue weighted by molar-refractivity contribution is 7.15. The van der Waals surface area contributed by atoms with Crippen LogP contribution in [-0.4, -0.2) is 4.92 Å². The van der Waals surface area contributed by atoms with Crippen LogP contribution in [0.3, 0.4) is 0 Å². The van der Waals surface area contributed by atoms with Crippen LogP contribution in [0, 0.1) is 22.0 Å². The Morgan fingerprint density at radius 1 is 1.06 bits per heavy atom. The van der Waals surface area contributed by atoms with Crippen molar-refractivity contribution in [1.82, 2.24) is 0 Å². The first kappa shape index (κ1) is 10.4. The van der Waals surface area contributed by atoms with Crippen molar-refractivity contribution in [1.29, 1.82) is 0 Å². The van der Waals surface area contributed by atoms with E-state index in [2.05, 4.69) is 11.8 Å². The molecule has 0 radical (unpaired) electrons. The van der Waals surface area contributed by atoms with Gasteiger partial charge in [-0.2, -0.15) is 0 Å². The van der Waals surface area contributed by atoms with Gasteiger partial charge in [0.05, 0.1) is 9.80 Å². The molecule has 2 rings (SSSR count). The third-order valence-corrected chi connectivity index (χ3v) is 2.83. The van der Waals surface area contributed by atoms with Crippen LogP contribution in [0.5, 0.6) is 0 Å². The zero-order valence-corrected chi connectivity index (χ0v) is 9.03. The summed E-state index contributed by atoms with van der Waals surface area (Å²) in [4.78, 5) is 10.8. The molecule has 0 saturated heterocycles. The highest BCUT2D eigenvalue weighted by atomic mass is 32.1. The largest absolute Gasteiger partial charge is 0.325 e. The van der Waals surface area contributed by atoms with Gasteiger partial charge in [0.2, 0.25) is 0 Å². The van der Waals surface area contributed by atoms with E-state index in [-0.39, 0.29) is 5.00 Å². The number of hydrogen-bond acceptors (Lipinski definition) is 3. The van der Waals surface area contributed by atoms with Crippen molar-refractivity contribution in [2.45, 2.75) is 0 Å². The van der Waals surface area contributed by atoms with Crippen LogP contribution in [0.25, 0.3) is 0 Å². The second-order valence-corrected chi connectivity index (χ2v) is 4.07. The molecule has 0 aliphatic carbocycles. The molecule has 4 heteroatoms. The zero-order valence-electron chi connectivity index (χ0n) is 8.21. The lowest BCUT2D eigenvalue weighted by Crippen LogP contribution is -1.80. The molecule has 0 aliphatic heterocycles. The lowest BCUT2D eigenvalue weighted by molar-refractivity contribution is -0.380. The Balaban J connectivity index is 2.21. The Bertz CT molecular complexity index is 563. The predicted molar refractivity (Wildman–Crippen MR) is 63.4 cm³/mol. The number of rotatable bonds is 1. The average Bonchev–Trinajstić information content (AvgIpc) is 2.76. The molecule has 16 heavy (non-hydrogen) atoms. The van der Waals surface area contributed by atoms with Crippen LogP contribution >= 0.6 is 11.3 Å². The second-order valence-electron chi connectivity index (χ2n) is 3.01. The summed E-state index contributed by atoms with van der Waals surface area (Å²) in [5, 5.41) is 10.6. The van der Waals surface area contributed by atoms with Gasteiger partial charge in [-0.1, -0.05) is 41.4 Å². The fourth-order valence-electron chi connectivity index (χ4n) is 1.15. The summed E-state index contributed by atoms with van der Waals surface area (Å²) in [7, 11) is 0. The zero-order chi connectivity index (χ0) is 11.4. The molecule has 0 saturated carbocycles. The van der Waals surface area contributed by atoms with E-state index in [9.17, 15) is 10.1 Å². The first-order chi connectivity index (χ1) is 7.75. The first-order valence-corrected chi connectivity index (χ1v) is 5.38. The molecule has 78 valence electrons. The third kappa shape index (κ3) is 2.47. The van der Waals surface area contributed by atoms with Crippen LogP contribution in [0.2, 0.25) is 0 Å². The molecule has 0 bridgehead atoms. The van der Waals surface area contributed by atoms with Crippen molar-refractivity contribution in [2.75, 3.05) is 0 Å². The van der Waals surface area contributed by atoms with Gasteiger partial charge in [0.15, 0.2) is 0 Å². The average molecular weight is 229 g/mol. The molecule has 0 N–H and O–H groups in total. The van der Waals surface area contributed by atoms with Gasteiger partial charge < -0.3 is 0 Å². The smallest absolute Gasteiger partial charge is 0.258 e. The summed E-state index contributed by atoms with van der Waals surface area (Å²) in [6.07, 6.45) is 0. The number of benzene rings is 1. The summed E-state index contributed by atoms with van der Waals surface area (Å²) in [6.45, 7) is 0.